The van der Waals surface area contributed by atoms with Crippen LogP contribution in [0, 0.1) is 0 Å². The molecule has 30 nitrogen and oxygen atoms in total. The Bertz CT molecular complexity index is 1780. The lowest BCUT2D eigenvalue weighted by Crippen LogP contribution is -2.70. The molecule has 0 aromatic rings. The Morgan fingerprint density at radius 3 is 1.28 bits per heavy atom. The summed E-state index contributed by atoms with van der Waals surface area (Å²) >= 11 is 0. The highest BCUT2D eigenvalue weighted by Gasteiger charge is 2.58. The van der Waals surface area contributed by atoms with E-state index in [9.17, 15) is 79.1 Å². The molecule has 0 aromatic heterocycles. The molecule has 4 rings (SSSR count). The fourth-order valence-electron chi connectivity index (χ4n) is 7.88. The first-order valence-corrected chi connectivity index (χ1v) is 22.1. The van der Waals surface area contributed by atoms with Crippen LogP contribution in [-0.4, -0.2) is 230 Å². The predicted molar refractivity (Wildman–Crippen MR) is 210 cm³/mol. The summed E-state index contributed by atoms with van der Waals surface area (Å²) in [4.78, 5) is 85.7. The molecule has 4 aliphatic rings. The maximum Gasteiger partial charge on any atom is 0.475 e. The van der Waals surface area contributed by atoms with Gasteiger partial charge in [-0.1, -0.05) is 0 Å². The first-order valence-electron chi connectivity index (χ1n) is 20.6. The highest BCUT2D eigenvalue weighted by molar-refractivity contribution is 7.47. The fourth-order valence-corrected chi connectivity index (χ4v) is 8.94. The average molecular weight is 995 g/mol. The van der Waals surface area contributed by atoms with Gasteiger partial charge in [-0.15, -0.1) is 0 Å². The third-order valence-corrected chi connectivity index (χ3v) is 11.5. The van der Waals surface area contributed by atoms with Crippen molar-refractivity contribution in [2.45, 2.75) is 164 Å². The fraction of sp³-hybridized carbons (Fsp3) is 0.833. The van der Waals surface area contributed by atoms with Gasteiger partial charge in [-0.25, -0.2) is 4.57 Å². The Labute approximate surface area is 380 Å². The zero-order valence-electron chi connectivity index (χ0n) is 36.8. The highest BCUT2D eigenvalue weighted by Crippen LogP contribution is 2.50. The number of amides is 4. The topological polar surface area (TPSA) is 442 Å². The number of hydrogen-bond acceptors (Lipinski definition) is 25. The van der Waals surface area contributed by atoms with E-state index in [2.05, 4.69) is 21.3 Å². The monoisotopic (exact) mass is 994 g/mol. The summed E-state index contributed by atoms with van der Waals surface area (Å²) in [6.45, 7) is 1.90. The van der Waals surface area contributed by atoms with Crippen LogP contribution in [0.1, 0.15) is 41.5 Å². The number of nitrogens with one attached hydrogen (secondary N) is 4. The van der Waals surface area contributed by atoms with Gasteiger partial charge in [0.1, 0.15) is 85.2 Å². The van der Waals surface area contributed by atoms with Crippen molar-refractivity contribution in [3.05, 3.63) is 0 Å². The van der Waals surface area contributed by atoms with Gasteiger partial charge in [0.25, 0.3) is 0 Å². The van der Waals surface area contributed by atoms with Gasteiger partial charge in [-0.3, -0.25) is 37.8 Å². The molecular formula is C36H59N4O26P. The van der Waals surface area contributed by atoms with Gasteiger partial charge in [-0.2, -0.15) is 0 Å². The van der Waals surface area contributed by atoms with Gasteiger partial charge in [0.2, 0.25) is 23.6 Å². The highest BCUT2D eigenvalue weighted by atomic mass is 31.2. The number of rotatable bonds is 18. The number of aliphatic hydroxyl groups excluding tert-OH is 8. The zero-order valence-corrected chi connectivity index (χ0v) is 37.7. The number of aliphatic hydroxyl groups is 8. The summed E-state index contributed by atoms with van der Waals surface area (Å²) in [5.41, 5.74) is 0. The van der Waals surface area contributed by atoms with Gasteiger partial charge < -0.3 is 105 Å². The van der Waals surface area contributed by atoms with E-state index in [1.807, 2.05) is 0 Å². The Balaban J connectivity index is 1.72. The van der Waals surface area contributed by atoms with E-state index in [4.69, 9.17) is 46.9 Å². The van der Waals surface area contributed by atoms with Crippen molar-refractivity contribution in [2.75, 3.05) is 26.4 Å². The largest absolute Gasteiger partial charge is 0.475 e. The van der Waals surface area contributed by atoms with Crippen LogP contribution in [0.5, 0.6) is 0 Å². The van der Waals surface area contributed by atoms with E-state index < -0.39 is 192 Å². The van der Waals surface area contributed by atoms with Gasteiger partial charge in [-0.05, 0) is 0 Å². The van der Waals surface area contributed by atoms with Gasteiger partial charge in [0, 0.05) is 41.5 Å². The van der Waals surface area contributed by atoms with Crippen molar-refractivity contribution in [3.8, 4) is 0 Å². The molecule has 4 aliphatic heterocycles. The van der Waals surface area contributed by atoms with Crippen LogP contribution in [0.2, 0.25) is 0 Å². The minimum Gasteiger partial charge on any atom is -0.457 e. The molecule has 4 saturated heterocycles. The van der Waals surface area contributed by atoms with Gasteiger partial charge in [0.15, 0.2) is 37.4 Å². The van der Waals surface area contributed by atoms with E-state index >= 15 is 0 Å². The lowest BCUT2D eigenvalue weighted by atomic mass is 9.94. The molecule has 0 aliphatic carbocycles. The molecule has 4 fully saturated rings. The number of carbonyl (C=O) groups excluding carboxylic acids is 6. The summed E-state index contributed by atoms with van der Waals surface area (Å²) in [6, 6.07) is -6.97. The van der Waals surface area contributed by atoms with Crippen molar-refractivity contribution in [3.63, 3.8) is 0 Å². The molecule has 4 amide bonds. The molecule has 31 heteroatoms. The second-order valence-electron chi connectivity index (χ2n) is 15.8. The number of phosphoric acid groups is 1. The second-order valence-corrected chi connectivity index (χ2v) is 17.2. The Morgan fingerprint density at radius 2 is 0.836 bits per heavy atom. The molecule has 384 valence electrons. The van der Waals surface area contributed by atoms with E-state index in [0.717, 1.165) is 41.5 Å². The van der Waals surface area contributed by atoms with Crippen LogP contribution in [0.4, 0.5) is 0 Å². The Hall–Kier alpha value is -3.63. The van der Waals surface area contributed by atoms with Crippen molar-refractivity contribution in [2.24, 2.45) is 0 Å². The normalized spacial score (nSPS) is 39.7. The lowest BCUT2D eigenvalue weighted by molar-refractivity contribution is -0.330. The molecule has 21 atom stereocenters. The van der Waals surface area contributed by atoms with E-state index in [0.29, 0.717) is 0 Å². The molecule has 4 heterocycles. The lowest BCUT2D eigenvalue weighted by Gasteiger charge is -2.49. The molecule has 1 unspecified atom stereocenters. The van der Waals surface area contributed by atoms with Crippen molar-refractivity contribution in [1.82, 2.24) is 21.3 Å². The number of hydrogen-bond donors (Lipinski definition) is 13. The second kappa shape index (κ2) is 24.3. The maximum atomic E-state index is 14.1. The summed E-state index contributed by atoms with van der Waals surface area (Å²) in [6.07, 6.45) is -29.8. The molecule has 0 radical (unpaired) electrons. The van der Waals surface area contributed by atoms with E-state index in [1.54, 1.807) is 0 Å². The molecule has 0 saturated carbocycles. The van der Waals surface area contributed by atoms with Crippen LogP contribution in [0.3, 0.4) is 0 Å². The first kappa shape index (κ1) is 56.0. The third-order valence-electron chi connectivity index (χ3n) is 10.6. The standard InChI is InChI=1S/C36H59N4O26P/c1-11(45)37-21-27(53)25(51)17(7-41)60-34(21)63-29-20(10-44)62-36(24(40-14(4)48)32(29)58-16(6)50)66-67(55,56)65-30-23(39-13(3)47)35(61-18(8-42)26(30)52)64-28-19(9-43)59-33(54)22(38-12(2)46)31(28)57-15(5)49/h17-36,41-44,51-54H,7-10H2,1-6H3,(H,37,45)(H,38,46)(H,39,47)(H,40,48)(H,55,56)/t17-,18-,19-,20-,21-,22-,23-,24-,25+,26+,27-,28+,29+,30-,31-,32-,33+,34+,35+,36-/m1/s1. The molecular weight excluding hydrogens is 935 g/mol. The molecule has 0 spiro atoms. The minimum atomic E-state index is -5.84. The summed E-state index contributed by atoms with van der Waals surface area (Å²) in [5.74, 6) is -5.39. The first-order chi connectivity index (χ1) is 31.4. The van der Waals surface area contributed by atoms with Crippen LogP contribution in [0.25, 0.3) is 0 Å². The van der Waals surface area contributed by atoms with Gasteiger partial charge in [0.05, 0.1) is 26.4 Å². The summed E-state index contributed by atoms with van der Waals surface area (Å²) in [5, 5.41) is 93.5. The molecule has 67 heavy (non-hydrogen) atoms. The maximum absolute atomic E-state index is 14.1. The number of ether oxygens (including phenoxy) is 8. The smallest absolute Gasteiger partial charge is 0.457 e. The molecule has 0 bridgehead atoms. The van der Waals surface area contributed by atoms with Crippen LogP contribution in [0.15, 0.2) is 0 Å². The Morgan fingerprint density at radius 1 is 0.463 bits per heavy atom. The van der Waals surface area contributed by atoms with Crippen LogP contribution < -0.4 is 21.3 Å². The summed E-state index contributed by atoms with van der Waals surface area (Å²) < 4.78 is 70.4. The van der Waals surface area contributed by atoms with Crippen molar-refractivity contribution < 1.29 is 126 Å². The SMILES string of the molecule is CC(=O)N[C@@H]1[C@@H](OC(C)=O)[C@@H](O[C@@H]2O[C@H](CO)[C@H](O)[C@H](OP(=O)(O)O[C@H]3O[C@H](CO)[C@H](O[C@@H]4O[C@H](CO)[C@H](O)[C@H](O)[C@H]4NC(C)=O)[C@H](OC(C)=O)[C@H]3NC(C)=O)[C@H]2NC(C)=O)[C@@H](CO)O[C@@H]1O. The van der Waals surface area contributed by atoms with Crippen molar-refractivity contribution in [1.29, 1.82) is 0 Å². The predicted octanol–water partition coefficient (Wildman–Crippen LogP) is -7.92. The van der Waals surface area contributed by atoms with E-state index in [-0.39, 0.29) is 0 Å². The average Bonchev–Trinajstić information content (AvgIpc) is 3.22. The number of phosphoric ester groups is 1. The van der Waals surface area contributed by atoms with Crippen LogP contribution >= 0.6 is 7.82 Å². The quantitative estimate of drug-likeness (QED) is 0.0448. The zero-order chi connectivity index (χ0) is 50.2. The minimum absolute atomic E-state index is 0.743. The number of esters is 2. The number of carbonyl (C=O) groups is 6. The third kappa shape index (κ3) is 14.2. The van der Waals surface area contributed by atoms with Gasteiger partial charge >= 0.3 is 19.8 Å². The molecule has 13 N–H and O–H groups in total. The summed E-state index contributed by atoms with van der Waals surface area (Å²) in [7, 11) is -5.84. The van der Waals surface area contributed by atoms with Crippen LogP contribution in [-0.2, 0) is 80.3 Å². The van der Waals surface area contributed by atoms with Crippen molar-refractivity contribution >= 4 is 43.4 Å². The van der Waals surface area contributed by atoms with E-state index in [1.165, 1.54) is 0 Å². The Kier molecular flexibility index (Phi) is 20.3. The molecule has 0 aromatic carbocycles.